The van der Waals surface area contributed by atoms with Crippen molar-refractivity contribution in [1.82, 2.24) is 9.80 Å². The Labute approximate surface area is 97.2 Å². The molecule has 0 aromatic rings. The molecule has 0 aromatic carbocycles. The summed E-state index contributed by atoms with van der Waals surface area (Å²) in [6, 6.07) is 0.138. The lowest BCUT2D eigenvalue weighted by atomic mass is 10.2. The van der Waals surface area contributed by atoms with E-state index >= 15 is 0 Å². The van der Waals surface area contributed by atoms with Crippen LogP contribution in [-0.4, -0.2) is 59.1 Å². The normalized spacial score (nSPS) is 28.6. The Morgan fingerprint density at radius 2 is 2.00 bits per heavy atom. The highest BCUT2D eigenvalue weighted by atomic mass is 16.3. The van der Waals surface area contributed by atoms with Crippen molar-refractivity contribution >= 4 is 5.91 Å². The molecule has 1 amide bonds. The molecule has 0 spiro atoms. The maximum Gasteiger partial charge on any atom is 0.239 e. The summed E-state index contributed by atoms with van der Waals surface area (Å²) in [6.45, 7) is 4.94. The first-order valence-electron chi connectivity index (χ1n) is 6.39. The summed E-state index contributed by atoms with van der Waals surface area (Å²) in [6.07, 6.45) is 4.40. The molecule has 16 heavy (non-hydrogen) atoms. The second kappa shape index (κ2) is 5.15. The Balaban J connectivity index is 1.94. The van der Waals surface area contributed by atoms with E-state index in [0.717, 1.165) is 45.3 Å². The third kappa shape index (κ3) is 2.23. The molecule has 2 atom stereocenters. The van der Waals surface area contributed by atoms with E-state index in [1.54, 1.807) is 0 Å². The van der Waals surface area contributed by atoms with Crippen LogP contribution in [0.25, 0.3) is 0 Å². The molecular weight excluding hydrogens is 204 g/mol. The summed E-state index contributed by atoms with van der Waals surface area (Å²) in [5.74, 6) is 0.248. The Morgan fingerprint density at radius 3 is 2.62 bits per heavy atom. The predicted molar refractivity (Wildman–Crippen MR) is 62.1 cm³/mol. The first kappa shape index (κ1) is 11.9. The van der Waals surface area contributed by atoms with Gasteiger partial charge < -0.3 is 10.0 Å². The van der Waals surface area contributed by atoms with Crippen LogP contribution in [0.4, 0.5) is 0 Å². The minimum atomic E-state index is -0.0576. The van der Waals surface area contributed by atoms with Gasteiger partial charge >= 0.3 is 0 Å². The van der Waals surface area contributed by atoms with Gasteiger partial charge in [0.25, 0.3) is 0 Å². The van der Waals surface area contributed by atoms with Crippen LogP contribution in [0.5, 0.6) is 0 Å². The smallest absolute Gasteiger partial charge is 0.239 e. The zero-order valence-corrected chi connectivity index (χ0v) is 10.1. The third-order valence-electron chi connectivity index (χ3n) is 3.91. The SMILES string of the molecule is CC(C(=O)N1CCCC1)N1CCC[C@H]1CO. The average Bonchev–Trinajstić information content (AvgIpc) is 2.97. The number of nitrogens with zero attached hydrogens (tertiary/aromatic N) is 2. The minimum absolute atomic E-state index is 0.0576. The molecule has 2 fully saturated rings. The number of aliphatic hydroxyl groups excluding tert-OH is 1. The quantitative estimate of drug-likeness (QED) is 0.760. The molecule has 2 rings (SSSR count). The monoisotopic (exact) mass is 226 g/mol. The van der Waals surface area contributed by atoms with Gasteiger partial charge in [0.05, 0.1) is 12.6 Å². The highest BCUT2D eigenvalue weighted by molar-refractivity contribution is 5.81. The number of carbonyl (C=O) groups excluding carboxylic acids is 1. The van der Waals surface area contributed by atoms with Crippen molar-refractivity contribution in [3.63, 3.8) is 0 Å². The number of rotatable bonds is 3. The maximum atomic E-state index is 12.2. The molecule has 0 bridgehead atoms. The third-order valence-corrected chi connectivity index (χ3v) is 3.91. The highest BCUT2D eigenvalue weighted by Crippen LogP contribution is 2.21. The fraction of sp³-hybridized carbons (Fsp3) is 0.917. The standard InChI is InChI=1S/C12H22N2O2/c1-10(12(16)13-6-2-3-7-13)14-8-4-5-11(14)9-15/h10-11,15H,2-9H2,1H3/t10?,11-/m0/s1. The lowest BCUT2D eigenvalue weighted by Crippen LogP contribution is -2.49. The molecule has 0 saturated carbocycles. The molecule has 0 radical (unpaired) electrons. The van der Waals surface area contributed by atoms with Crippen LogP contribution in [0.1, 0.15) is 32.6 Å². The molecular formula is C12H22N2O2. The van der Waals surface area contributed by atoms with Crippen molar-refractivity contribution in [3.05, 3.63) is 0 Å². The van der Waals surface area contributed by atoms with E-state index in [0.29, 0.717) is 0 Å². The van der Waals surface area contributed by atoms with Gasteiger partial charge in [0.15, 0.2) is 0 Å². The van der Waals surface area contributed by atoms with Gasteiger partial charge in [-0.2, -0.15) is 0 Å². The number of hydrogen-bond donors (Lipinski definition) is 1. The van der Waals surface area contributed by atoms with E-state index in [1.165, 1.54) is 0 Å². The van der Waals surface area contributed by atoms with Crippen molar-refractivity contribution in [2.24, 2.45) is 0 Å². The molecule has 1 unspecified atom stereocenters. The van der Waals surface area contributed by atoms with Gasteiger partial charge in [-0.1, -0.05) is 0 Å². The first-order valence-corrected chi connectivity index (χ1v) is 6.39. The zero-order chi connectivity index (χ0) is 11.5. The van der Waals surface area contributed by atoms with Gasteiger partial charge in [-0.3, -0.25) is 9.69 Å². The second-order valence-electron chi connectivity index (χ2n) is 4.92. The lowest BCUT2D eigenvalue weighted by Gasteiger charge is -2.31. The molecule has 0 aromatic heterocycles. The van der Waals surface area contributed by atoms with Crippen LogP contribution in [0.2, 0.25) is 0 Å². The highest BCUT2D eigenvalue weighted by Gasteiger charge is 2.34. The largest absolute Gasteiger partial charge is 0.395 e. The van der Waals surface area contributed by atoms with Crippen molar-refractivity contribution in [1.29, 1.82) is 0 Å². The second-order valence-corrected chi connectivity index (χ2v) is 4.92. The summed E-state index contributed by atoms with van der Waals surface area (Å²) in [7, 11) is 0. The van der Waals surface area contributed by atoms with Crippen LogP contribution >= 0.6 is 0 Å². The van der Waals surface area contributed by atoms with Crippen molar-refractivity contribution in [2.75, 3.05) is 26.2 Å². The predicted octanol–water partition coefficient (Wildman–Crippen LogP) is 0.454. The maximum absolute atomic E-state index is 12.2. The lowest BCUT2D eigenvalue weighted by molar-refractivity contribution is -0.135. The topological polar surface area (TPSA) is 43.8 Å². The zero-order valence-electron chi connectivity index (χ0n) is 10.1. The molecule has 4 nitrogen and oxygen atoms in total. The Morgan fingerprint density at radius 1 is 1.31 bits per heavy atom. The fourth-order valence-electron chi connectivity index (χ4n) is 2.91. The summed E-state index contributed by atoms with van der Waals surface area (Å²) >= 11 is 0. The van der Waals surface area contributed by atoms with Gasteiger partial charge in [-0.15, -0.1) is 0 Å². The number of aliphatic hydroxyl groups is 1. The van der Waals surface area contributed by atoms with Crippen molar-refractivity contribution in [2.45, 2.75) is 44.7 Å². The van der Waals surface area contributed by atoms with E-state index in [2.05, 4.69) is 4.90 Å². The summed E-state index contributed by atoms with van der Waals surface area (Å²) in [4.78, 5) is 16.3. The molecule has 4 heteroatoms. The van der Waals surface area contributed by atoms with Crippen LogP contribution in [-0.2, 0) is 4.79 Å². The number of likely N-dealkylation sites (tertiary alicyclic amines) is 2. The Bertz CT molecular complexity index is 251. The first-order chi connectivity index (χ1) is 7.74. The van der Waals surface area contributed by atoms with Crippen LogP contribution < -0.4 is 0 Å². The molecule has 2 saturated heterocycles. The number of hydrogen-bond acceptors (Lipinski definition) is 3. The van der Waals surface area contributed by atoms with Gasteiger partial charge in [-0.25, -0.2) is 0 Å². The van der Waals surface area contributed by atoms with Gasteiger partial charge in [0.1, 0.15) is 0 Å². The Kier molecular flexibility index (Phi) is 3.82. The molecule has 1 N–H and O–H groups in total. The average molecular weight is 226 g/mol. The number of amides is 1. The van der Waals surface area contributed by atoms with Crippen molar-refractivity contribution < 1.29 is 9.90 Å². The van der Waals surface area contributed by atoms with Gasteiger partial charge in [-0.05, 0) is 39.2 Å². The fourth-order valence-corrected chi connectivity index (χ4v) is 2.91. The van der Waals surface area contributed by atoms with Crippen LogP contribution in [0.15, 0.2) is 0 Å². The van der Waals surface area contributed by atoms with Crippen LogP contribution in [0, 0.1) is 0 Å². The van der Waals surface area contributed by atoms with Gasteiger partial charge in [0, 0.05) is 19.1 Å². The summed E-state index contributed by atoms with van der Waals surface area (Å²) in [5, 5.41) is 9.27. The van der Waals surface area contributed by atoms with Crippen molar-refractivity contribution in [3.8, 4) is 0 Å². The Hall–Kier alpha value is -0.610. The molecule has 2 aliphatic rings. The van der Waals surface area contributed by atoms with Gasteiger partial charge in [0.2, 0.25) is 5.91 Å². The number of carbonyl (C=O) groups is 1. The van der Waals surface area contributed by atoms with E-state index in [-0.39, 0.29) is 24.6 Å². The molecule has 92 valence electrons. The van der Waals surface area contributed by atoms with E-state index in [9.17, 15) is 9.90 Å². The van der Waals surface area contributed by atoms with E-state index < -0.39 is 0 Å². The summed E-state index contributed by atoms with van der Waals surface area (Å²) in [5.41, 5.74) is 0. The molecule has 2 aliphatic heterocycles. The minimum Gasteiger partial charge on any atom is -0.395 e. The molecule has 0 aliphatic carbocycles. The van der Waals surface area contributed by atoms with E-state index in [1.807, 2.05) is 11.8 Å². The van der Waals surface area contributed by atoms with E-state index in [4.69, 9.17) is 0 Å². The molecule has 2 heterocycles. The van der Waals surface area contributed by atoms with Crippen LogP contribution in [0.3, 0.4) is 0 Å². The summed E-state index contributed by atoms with van der Waals surface area (Å²) < 4.78 is 0.